The number of hydrogen-bond donors (Lipinski definition) is 1. The Bertz CT molecular complexity index is 326. The maximum Gasteiger partial charge on any atom is 0.151 e. The van der Waals surface area contributed by atoms with Crippen molar-refractivity contribution in [1.82, 2.24) is 5.32 Å². The van der Waals surface area contributed by atoms with E-state index in [0.717, 1.165) is 50.0 Å². The summed E-state index contributed by atoms with van der Waals surface area (Å²) in [6.45, 7) is 2.71. The number of sulfone groups is 1. The highest BCUT2D eigenvalue weighted by molar-refractivity contribution is 7.99. The Morgan fingerprint density at radius 3 is 2.65 bits per heavy atom. The second-order valence-corrected chi connectivity index (χ2v) is 8.37. The molecule has 0 radical (unpaired) electrons. The minimum atomic E-state index is -2.74. The molecule has 2 saturated heterocycles. The Balaban J connectivity index is 1.54. The number of hydrogen-bond acceptors (Lipinski definition) is 5. The molecule has 6 heteroatoms. The summed E-state index contributed by atoms with van der Waals surface area (Å²) in [4.78, 5) is 0. The van der Waals surface area contributed by atoms with Crippen molar-refractivity contribution in [2.24, 2.45) is 0 Å². The zero-order chi connectivity index (χ0) is 12.1. The fourth-order valence-electron chi connectivity index (χ4n) is 2.29. The fourth-order valence-corrected chi connectivity index (χ4v) is 5.09. The first-order chi connectivity index (χ1) is 8.16. The van der Waals surface area contributed by atoms with Crippen LogP contribution in [0.25, 0.3) is 0 Å². The third kappa shape index (κ3) is 4.77. The normalized spacial score (nSPS) is 29.5. The van der Waals surface area contributed by atoms with Gasteiger partial charge in [0.05, 0.1) is 11.5 Å². The van der Waals surface area contributed by atoms with Crippen LogP contribution in [0.1, 0.15) is 19.3 Å². The largest absolute Gasteiger partial charge is 0.381 e. The van der Waals surface area contributed by atoms with Crippen LogP contribution in [0.15, 0.2) is 0 Å². The molecule has 0 saturated carbocycles. The van der Waals surface area contributed by atoms with Crippen LogP contribution in [-0.2, 0) is 14.6 Å². The van der Waals surface area contributed by atoms with Gasteiger partial charge < -0.3 is 10.1 Å². The molecule has 0 spiro atoms. The Morgan fingerprint density at radius 2 is 2.00 bits per heavy atom. The summed E-state index contributed by atoms with van der Waals surface area (Å²) in [5.74, 6) is 1.76. The molecule has 2 fully saturated rings. The van der Waals surface area contributed by atoms with Gasteiger partial charge in [0.1, 0.15) is 0 Å². The van der Waals surface area contributed by atoms with Crippen LogP contribution in [-0.4, -0.2) is 56.7 Å². The second-order valence-electron chi connectivity index (χ2n) is 4.74. The van der Waals surface area contributed by atoms with E-state index in [1.807, 2.05) is 11.8 Å². The molecular weight excluding hydrogens is 258 g/mol. The molecule has 1 N–H and O–H groups in total. The Morgan fingerprint density at radius 1 is 1.24 bits per heavy atom. The molecule has 17 heavy (non-hydrogen) atoms. The molecule has 0 aromatic rings. The van der Waals surface area contributed by atoms with Gasteiger partial charge in [-0.1, -0.05) is 0 Å². The summed E-state index contributed by atoms with van der Waals surface area (Å²) in [5.41, 5.74) is 0. The van der Waals surface area contributed by atoms with Gasteiger partial charge in [0.2, 0.25) is 0 Å². The average molecular weight is 279 g/mol. The van der Waals surface area contributed by atoms with E-state index in [1.165, 1.54) is 0 Å². The van der Waals surface area contributed by atoms with Crippen LogP contribution in [0.4, 0.5) is 0 Å². The molecule has 0 bridgehead atoms. The first-order valence-corrected chi connectivity index (χ1v) is 9.16. The molecule has 2 rings (SSSR count). The van der Waals surface area contributed by atoms with Crippen molar-refractivity contribution < 1.29 is 13.2 Å². The fraction of sp³-hybridized carbons (Fsp3) is 1.00. The molecule has 0 aliphatic carbocycles. The quantitative estimate of drug-likeness (QED) is 0.750. The summed E-state index contributed by atoms with van der Waals surface area (Å²) in [7, 11) is -2.74. The Labute approximate surface area is 108 Å². The van der Waals surface area contributed by atoms with E-state index in [-0.39, 0.29) is 6.04 Å². The lowest BCUT2D eigenvalue weighted by atomic mass is 10.2. The SMILES string of the molecule is O=S1(=O)CCC(NCCSC2CCOCC2)C1. The number of rotatable bonds is 5. The molecule has 0 aromatic carbocycles. The molecule has 2 heterocycles. The van der Waals surface area contributed by atoms with Crippen molar-refractivity contribution in [3.05, 3.63) is 0 Å². The van der Waals surface area contributed by atoms with E-state index in [4.69, 9.17) is 4.74 Å². The zero-order valence-electron chi connectivity index (χ0n) is 10.1. The first kappa shape index (κ1) is 13.6. The lowest BCUT2D eigenvalue weighted by Gasteiger charge is -2.21. The van der Waals surface area contributed by atoms with Gasteiger partial charge in [0, 0.05) is 36.8 Å². The standard InChI is InChI=1S/C11H21NO3S2/c13-17(14)8-3-10(9-17)12-4-7-16-11-1-5-15-6-2-11/h10-12H,1-9H2. The molecule has 100 valence electrons. The molecule has 2 aliphatic heterocycles. The van der Waals surface area contributed by atoms with E-state index in [1.54, 1.807) is 0 Å². The average Bonchev–Trinajstić information content (AvgIpc) is 2.66. The summed E-state index contributed by atoms with van der Waals surface area (Å²) < 4.78 is 27.8. The van der Waals surface area contributed by atoms with Gasteiger partial charge in [0.15, 0.2) is 9.84 Å². The van der Waals surface area contributed by atoms with Gasteiger partial charge in [-0.15, -0.1) is 0 Å². The van der Waals surface area contributed by atoms with Gasteiger partial charge in [-0.2, -0.15) is 11.8 Å². The van der Waals surface area contributed by atoms with Crippen molar-refractivity contribution in [2.75, 3.05) is 37.0 Å². The molecule has 1 atom stereocenters. The monoisotopic (exact) mass is 279 g/mol. The zero-order valence-corrected chi connectivity index (χ0v) is 11.7. The molecule has 0 aromatic heterocycles. The van der Waals surface area contributed by atoms with Gasteiger partial charge in [-0.3, -0.25) is 0 Å². The lowest BCUT2D eigenvalue weighted by molar-refractivity contribution is 0.100. The first-order valence-electron chi connectivity index (χ1n) is 6.29. The summed E-state index contributed by atoms with van der Waals surface area (Å²) in [6, 6.07) is 0.190. The third-order valence-corrected chi connectivity index (χ3v) is 6.44. The maximum atomic E-state index is 11.3. The summed E-state index contributed by atoms with van der Waals surface area (Å²) >= 11 is 1.99. The summed E-state index contributed by atoms with van der Waals surface area (Å²) in [5, 5.41) is 4.08. The van der Waals surface area contributed by atoms with Crippen molar-refractivity contribution in [3.63, 3.8) is 0 Å². The predicted octanol–water partition coefficient (Wildman–Crippen LogP) is 0.675. The van der Waals surface area contributed by atoms with Crippen LogP contribution >= 0.6 is 11.8 Å². The van der Waals surface area contributed by atoms with Crippen molar-refractivity contribution >= 4 is 21.6 Å². The van der Waals surface area contributed by atoms with Crippen LogP contribution < -0.4 is 5.32 Å². The summed E-state index contributed by atoms with van der Waals surface area (Å²) in [6.07, 6.45) is 3.09. The van der Waals surface area contributed by atoms with Gasteiger partial charge >= 0.3 is 0 Å². The molecule has 0 amide bonds. The highest BCUT2D eigenvalue weighted by Gasteiger charge is 2.27. The number of ether oxygens (including phenoxy) is 1. The van der Waals surface area contributed by atoms with Gasteiger partial charge in [-0.05, 0) is 19.3 Å². The minimum absolute atomic E-state index is 0.190. The maximum absolute atomic E-state index is 11.3. The smallest absolute Gasteiger partial charge is 0.151 e. The van der Waals surface area contributed by atoms with Crippen molar-refractivity contribution in [2.45, 2.75) is 30.6 Å². The van der Waals surface area contributed by atoms with Crippen LogP contribution in [0.3, 0.4) is 0 Å². The molecule has 4 nitrogen and oxygen atoms in total. The van der Waals surface area contributed by atoms with E-state index in [9.17, 15) is 8.42 Å². The van der Waals surface area contributed by atoms with Crippen molar-refractivity contribution in [3.8, 4) is 0 Å². The topological polar surface area (TPSA) is 55.4 Å². The lowest BCUT2D eigenvalue weighted by Crippen LogP contribution is -2.32. The van der Waals surface area contributed by atoms with Crippen LogP contribution in [0.5, 0.6) is 0 Å². The predicted molar refractivity (Wildman–Crippen MR) is 71.4 cm³/mol. The van der Waals surface area contributed by atoms with E-state index < -0.39 is 9.84 Å². The Kier molecular flexibility index (Phi) is 5.14. The molecule has 2 aliphatic rings. The van der Waals surface area contributed by atoms with E-state index in [0.29, 0.717) is 11.5 Å². The van der Waals surface area contributed by atoms with Gasteiger partial charge in [-0.25, -0.2) is 8.42 Å². The number of thioether (sulfide) groups is 1. The van der Waals surface area contributed by atoms with E-state index in [2.05, 4.69) is 5.32 Å². The van der Waals surface area contributed by atoms with Crippen LogP contribution in [0, 0.1) is 0 Å². The third-order valence-electron chi connectivity index (χ3n) is 3.29. The molecule has 1 unspecified atom stereocenters. The van der Waals surface area contributed by atoms with Crippen LogP contribution in [0.2, 0.25) is 0 Å². The highest BCUT2D eigenvalue weighted by Crippen LogP contribution is 2.21. The van der Waals surface area contributed by atoms with E-state index >= 15 is 0 Å². The highest BCUT2D eigenvalue weighted by atomic mass is 32.2. The van der Waals surface area contributed by atoms with Crippen molar-refractivity contribution in [1.29, 1.82) is 0 Å². The number of nitrogens with one attached hydrogen (secondary N) is 1. The van der Waals surface area contributed by atoms with Gasteiger partial charge in [0.25, 0.3) is 0 Å². The Hall–Kier alpha value is 0.220. The molecular formula is C11H21NO3S2. The second kappa shape index (κ2) is 6.41. The minimum Gasteiger partial charge on any atom is -0.381 e.